The summed E-state index contributed by atoms with van der Waals surface area (Å²) >= 11 is 1.40. The van der Waals surface area contributed by atoms with Gasteiger partial charge in [0, 0.05) is 17.5 Å². The lowest BCUT2D eigenvalue weighted by atomic mass is 10.2. The molecule has 6 nitrogen and oxygen atoms in total. The second kappa shape index (κ2) is 6.48. The van der Waals surface area contributed by atoms with Crippen molar-refractivity contribution in [2.24, 2.45) is 0 Å². The summed E-state index contributed by atoms with van der Waals surface area (Å²) in [6.45, 7) is 2.63. The first-order chi connectivity index (χ1) is 11.0. The quantitative estimate of drug-likeness (QED) is 0.855. The first kappa shape index (κ1) is 16.3. The standard InChI is InChI=1S/C15H17NO5S2/c1-10-4-7-22-15(10)12(17)9-16-23(18,19)11-2-3-13-14(8-11)21-6-5-20-13/h2-4,7-8,12,16-17H,5-6,9H2,1H3/t12-/m0/s1. The molecule has 2 aromatic rings. The van der Waals surface area contributed by atoms with E-state index in [4.69, 9.17) is 9.47 Å². The number of fused-ring (bicyclic) bond motifs is 1. The van der Waals surface area contributed by atoms with Gasteiger partial charge >= 0.3 is 0 Å². The van der Waals surface area contributed by atoms with Crippen LogP contribution in [0.5, 0.6) is 11.5 Å². The number of thiophene rings is 1. The van der Waals surface area contributed by atoms with E-state index in [9.17, 15) is 13.5 Å². The van der Waals surface area contributed by atoms with Gasteiger partial charge in [0.25, 0.3) is 0 Å². The molecule has 0 aliphatic carbocycles. The van der Waals surface area contributed by atoms with Crippen molar-refractivity contribution in [2.45, 2.75) is 17.9 Å². The van der Waals surface area contributed by atoms with Crippen LogP contribution in [0.15, 0.2) is 34.5 Å². The summed E-state index contributed by atoms with van der Waals surface area (Å²) in [6, 6.07) is 6.35. The zero-order valence-electron chi connectivity index (χ0n) is 12.5. The molecule has 1 atom stereocenters. The lowest BCUT2D eigenvalue weighted by Crippen LogP contribution is -2.28. The summed E-state index contributed by atoms with van der Waals surface area (Å²) < 4.78 is 37.9. The topological polar surface area (TPSA) is 84.9 Å². The first-order valence-electron chi connectivity index (χ1n) is 7.09. The van der Waals surface area contributed by atoms with Crippen molar-refractivity contribution in [1.82, 2.24) is 4.72 Å². The van der Waals surface area contributed by atoms with Gasteiger partial charge in [-0.25, -0.2) is 13.1 Å². The molecule has 0 saturated heterocycles. The molecule has 1 aromatic carbocycles. The highest BCUT2D eigenvalue weighted by Crippen LogP contribution is 2.32. The van der Waals surface area contributed by atoms with E-state index in [0.717, 1.165) is 10.4 Å². The highest BCUT2D eigenvalue weighted by Gasteiger charge is 2.21. The van der Waals surface area contributed by atoms with Crippen LogP contribution in [-0.4, -0.2) is 33.3 Å². The van der Waals surface area contributed by atoms with Crippen LogP contribution in [0, 0.1) is 6.92 Å². The van der Waals surface area contributed by atoms with Gasteiger partial charge in [-0.1, -0.05) is 0 Å². The molecule has 1 aromatic heterocycles. The average Bonchev–Trinajstić information content (AvgIpc) is 2.98. The maximum Gasteiger partial charge on any atom is 0.240 e. The monoisotopic (exact) mass is 355 g/mol. The van der Waals surface area contributed by atoms with Crippen LogP contribution in [-0.2, 0) is 10.0 Å². The lowest BCUT2D eigenvalue weighted by molar-refractivity contribution is 0.171. The van der Waals surface area contributed by atoms with Crippen molar-refractivity contribution in [3.05, 3.63) is 40.1 Å². The minimum Gasteiger partial charge on any atom is -0.486 e. The Morgan fingerprint density at radius 2 is 2.00 bits per heavy atom. The highest BCUT2D eigenvalue weighted by atomic mass is 32.2. The van der Waals surface area contributed by atoms with Crippen molar-refractivity contribution < 1.29 is 23.0 Å². The smallest absolute Gasteiger partial charge is 0.240 e. The van der Waals surface area contributed by atoms with Gasteiger partial charge in [-0.2, -0.15) is 0 Å². The third-order valence-corrected chi connectivity index (χ3v) is 6.04. The van der Waals surface area contributed by atoms with Crippen LogP contribution in [0.3, 0.4) is 0 Å². The Bertz CT molecular complexity index is 800. The van der Waals surface area contributed by atoms with Crippen LogP contribution < -0.4 is 14.2 Å². The summed E-state index contributed by atoms with van der Waals surface area (Å²) in [5.74, 6) is 0.943. The van der Waals surface area contributed by atoms with E-state index in [1.54, 1.807) is 6.07 Å². The minimum absolute atomic E-state index is 0.0804. The average molecular weight is 355 g/mol. The molecule has 124 valence electrons. The number of ether oxygens (including phenoxy) is 2. The van der Waals surface area contributed by atoms with Gasteiger partial charge in [0.1, 0.15) is 19.3 Å². The van der Waals surface area contributed by atoms with Gasteiger partial charge in [-0.05, 0) is 36.1 Å². The maximum atomic E-state index is 12.4. The first-order valence-corrected chi connectivity index (χ1v) is 9.45. The molecule has 0 spiro atoms. The Balaban J connectivity index is 1.73. The fourth-order valence-corrected chi connectivity index (χ4v) is 4.25. The number of nitrogens with one attached hydrogen (secondary N) is 1. The Kier molecular flexibility index (Phi) is 4.58. The number of aliphatic hydroxyl groups excluding tert-OH is 1. The molecule has 0 amide bonds. The minimum atomic E-state index is -3.73. The van der Waals surface area contributed by atoms with Crippen molar-refractivity contribution in [3.8, 4) is 11.5 Å². The van der Waals surface area contributed by atoms with E-state index < -0.39 is 16.1 Å². The molecule has 0 radical (unpaired) electrons. The Labute approximate surface area is 138 Å². The van der Waals surface area contributed by atoms with Crippen molar-refractivity contribution in [2.75, 3.05) is 19.8 Å². The Hall–Kier alpha value is -1.61. The van der Waals surface area contributed by atoms with Gasteiger partial charge in [-0.3, -0.25) is 0 Å². The van der Waals surface area contributed by atoms with Crippen LogP contribution in [0.2, 0.25) is 0 Å². The zero-order chi connectivity index (χ0) is 16.4. The molecule has 2 heterocycles. The molecule has 8 heteroatoms. The molecule has 1 aliphatic rings. The normalized spacial score (nSPS) is 15.4. The third-order valence-electron chi connectivity index (χ3n) is 3.50. The summed E-state index contributed by atoms with van der Waals surface area (Å²) in [7, 11) is -3.73. The highest BCUT2D eigenvalue weighted by molar-refractivity contribution is 7.89. The van der Waals surface area contributed by atoms with Crippen LogP contribution in [0.25, 0.3) is 0 Å². The number of hydrogen-bond acceptors (Lipinski definition) is 6. The molecule has 0 unspecified atom stereocenters. The van der Waals surface area contributed by atoms with E-state index in [1.165, 1.54) is 23.5 Å². The van der Waals surface area contributed by atoms with Gasteiger partial charge < -0.3 is 14.6 Å². The summed E-state index contributed by atoms with van der Waals surface area (Å²) in [5.41, 5.74) is 0.945. The Morgan fingerprint density at radius 1 is 1.26 bits per heavy atom. The molecule has 0 fully saturated rings. The number of benzene rings is 1. The molecular formula is C15H17NO5S2. The van der Waals surface area contributed by atoms with E-state index >= 15 is 0 Å². The fraction of sp³-hybridized carbons (Fsp3) is 0.333. The largest absolute Gasteiger partial charge is 0.486 e. The van der Waals surface area contributed by atoms with E-state index in [0.29, 0.717) is 24.7 Å². The van der Waals surface area contributed by atoms with E-state index in [-0.39, 0.29) is 11.4 Å². The fourth-order valence-electron chi connectivity index (χ4n) is 2.28. The van der Waals surface area contributed by atoms with Gasteiger partial charge in [0.2, 0.25) is 10.0 Å². The molecule has 23 heavy (non-hydrogen) atoms. The van der Waals surface area contributed by atoms with E-state index in [1.807, 2.05) is 18.4 Å². The molecule has 0 saturated carbocycles. The number of hydrogen-bond donors (Lipinski definition) is 2. The predicted molar refractivity (Wildman–Crippen MR) is 86.6 cm³/mol. The summed E-state index contributed by atoms with van der Waals surface area (Å²) in [5, 5.41) is 12.0. The van der Waals surface area contributed by atoms with Crippen molar-refractivity contribution in [3.63, 3.8) is 0 Å². The SMILES string of the molecule is Cc1ccsc1[C@@H](O)CNS(=O)(=O)c1ccc2c(c1)OCCO2. The van der Waals surface area contributed by atoms with Gasteiger partial charge in [0.15, 0.2) is 11.5 Å². The lowest BCUT2D eigenvalue weighted by Gasteiger charge is -2.19. The molecular weight excluding hydrogens is 338 g/mol. The molecule has 1 aliphatic heterocycles. The van der Waals surface area contributed by atoms with Gasteiger partial charge in [0.05, 0.1) is 4.90 Å². The van der Waals surface area contributed by atoms with Crippen LogP contribution in [0.4, 0.5) is 0 Å². The zero-order valence-corrected chi connectivity index (χ0v) is 14.1. The third kappa shape index (κ3) is 3.50. The second-order valence-electron chi connectivity index (χ2n) is 5.14. The number of aryl methyl sites for hydroxylation is 1. The number of rotatable bonds is 5. The summed E-state index contributed by atoms with van der Waals surface area (Å²) in [4.78, 5) is 0.840. The van der Waals surface area contributed by atoms with Crippen molar-refractivity contribution >= 4 is 21.4 Å². The molecule has 0 bridgehead atoms. The van der Waals surface area contributed by atoms with Crippen molar-refractivity contribution in [1.29, 1.82) is 0 Å². The number of sulfonamides is 1. The molecule has 2 N–H and O–H groups in total. The van der Waals surface area contributed by atoms with E-state index in [2.05, 4.69) is 4.72 Å². The van der Waals surface area contributed by atoms with Crippen LogP contribution >= 0.6 is 11.3 Å². The van der Waals surface area contributed by atoms with Crippen LogP contribution in [0.1, 0.15) is 16.5 Å². The maximum absolute atomic E-state index is 12.4. The second-order valence-corrected chi connectivity index (χ2v) is 7.86. The number of aliphatic hydroxyl groups is 1. The Morgan fingerprint density at radius 3 is 2.70 bits per heavy atom. The molecule has 3 rings (SSSR count). The van der Waals surface area contributed by atoms with Gasteiger partial charge in [-0.15, -0.1) is 11.3 Å². The predicted octanol–water partition coefficient (Wildman–Crippen LogP) is 1.84. The summed E-state index contributed by atoms with van der Waals surface area (Å²) in [6.07, 6.45) is -0.873.